The first-order valence-corrected chi connectivity index (χ1v) is 11.9. The smallest absolute Gasteiger partial charge is 0.374 e. The highest BCUT2D eigenvalue weighted by atomic mass is 32.2. The molecule has 0 radical (unpaired) electrons. The normalized spacial score (nSPS) is 21.0. The second kappa shape index (κ2) is 8.22. The number of benzene rings is 1. The number of rotatable bonds is 5. The van der Waals surface area contributed by atoms with Crippen molar-refractivity contribution in [1.82, 2.24) is 4.90 Å². The van der Waals surface area contributed by atoms with Gasteiger partial charge in [-0.3, -0.25) is 9.59 Å². The Morgan fingerprint density at radius 2 is 1.83 bits per heavy atom. The molecule has 9 heteroatoms. The molecule has 2 aliphatic rings. The number of sulfone groups is 1. The van der Waals surface area contributed by atoms with Crippen molar-refractivity contribution >= 4 is 32.7 Å². The minimum Gasteiger partial charge on any atom is -0.450 e. The highest BCUT2D eigenvalue weighted by molar-refractivity contribution is 7.91. The SMILES string of the molecule is O=C(OCC(=O)N(C1CCCC1)[C@H]1CCS(=O)(=O)C1)c1cc(=O)c2ccccc2o1. The molecule has 1 aromatic carbocycles. The monoisotopic (exact) mass is 433 g/mol. The highest BCUT2D eigenvalue weighted by Crippen LogP contribution is 2.29. The average molecular weight is 433 g/mol. The summed E-state index contributed by atoms with van der Waals surface area (Å²) in [5.41, 5.74) is -0.120. The van der Waals surface area contributed by atoms with Crippen LogP contribution in [0.3, 0.4) is 0 Å². The van der Waals surface area contributed by atoms with Crippen molar-refractivity contribution in [2.75, 3.05) is 18.1 Å². The second-order valence-corrected chi connectivity index (χ2v) is 10.1. The summed E-state index contributed by atoms with van der Waals surface area (Å²) >= 11 is 0. The van der Waals surface area contributed by atoms with Crippen LogP contribution < -0.4 is 5.43 Å². The molecule has 1 aliphatic heterocycles. The summed E-state index contributed by atoms with van der Waals surface area (Å²) in [5.74, 6) is -1.58. The van der Waals surface area contributed by atoms with E-state index in [9.17, 15) is 22.8 Å². The maximum atomic E-state index is 12.9. The molecule has 0 spiro atoms. The number of para-hydroxylation sites is 1. The van der Waals surface area contributed by atoms with Crippen molar-refractivity contribution in [3.8, 4) is 0 Å². The molecule has 4 rings (SSSR count). The number of hydrogen-bond acceptors (Lipinski definition) is 7. The van der Waals surface area contributed by atoms with Crippen molar-refractivity contribution in [2.45, 2.75) is 44.2 Å². The topological polar surface area (TPSA) is 111 Å². The summed E-state index contributed by atoms with van der Waals surface area (Å²) < 4.78 is 34.4. The van der Waals surface area contributed by atoms with E-state index >= 15 is 0 Å². The molecule has 30 heavy (non-hydrogen) atoms. The Labute approximate surface area is 173 Å². The third kappa shape index (κ3) is 4.26. The number of esters is 1. The minimum absolute atomic E-state index is 0.0342. The largest absolute Gasteiger partial charge is 0.450 e. The van der Waals surface area contributed by atoms with E-state index in [1.807, 2.05) is 0 Å². The van der Waals surface area contributed by atoms with Gasteiger partial charge in [-0.2, -0.15) is 0 Å². The van der Waals surface area contributed by atoms with Gasteiger partial charge in [-0.15, -0.1) is 0 Å². The van der Waals surface area contributed by atoms with Gasteiger partial charge in [0, 0.05) is 18.2 Å². The van der Waals surface area contributed by atoms with Gasteiger partial charge in [0.05, 0.1) is 16.9 Å². The van der Waals surface area contributed by atoms with Crippen molar-refractivity contribution < 1.29 is 27.2 Å². The van der Waals surface area contributed by atoms with Crippen molar-refractivity contribution in [1.29, 1.82) is 0 Å². The lowest BCUT2D eigenvalue weighted by Gasteiger charge is -2.33. The Balaban J connectivity index is 1.48. The van der Waals surface area contributed by atoms with Gasteiger partial charge < -0.3 is 14.1 Å². The number of fused-ring (bicyclic) bond motifs is 1. The molecule has 2 aromatic rings. The quantitative estimate of drug-likeness (QED) is 0.662. The third-order valence-electron chi connectivity index (χ3n) is 5.77. The molecule has 8 nitrogen and oxygen atoms in total. The number of hydrogen-bond donors (Lipinski definition) is 0. The van der Waals surface area contributed by atoms with Crippen LogP contribution in [0.1, 0.15) is 42.7 Å². The highest BCUT2D eigenvalue weighted by Gasteiger charge is 2.39. The standard InChI is InChI=1S/C21H23NO7S/c23-17-11-19(29-18-8-4-3-7-16(17)18)21(25)28-12-20(24)22(14-5-1-2-6-14)15-9-10-30(26,27)13-15/h3-4,7-8,11,14-15H,1-2,5-6,9-10,12-13H2/t15-/m0/s1. The van der Waals surface area contributed by atoms with E-state index in [2.05, 4.69) is 0 Å². The zero-order valence-electron chi connectivity index (χ0n) is 16.4. The number of carbonyl (C=O) groups is 2. The Morgan fingerprint density at radius 1 is 1.10 bits per heavy atom. The lowest BCUT2D eigenvalue weighted by atomic mass is 10.1. The van der Waals surface area contributed by atoms with Gasteiger partial charge >= 0.3 is 5.97 Å². The molecule has 2 fully saturated rings. The molecule has 1 aliphatic carbocycles. The zero-order chi connectivity index (χ0) is 21.3. The van der Waals surface area contributed by atoms with E-state index in [0.29, 0.717) is 11.8 Å². The van der Waals surface area contributed by atoms with Gasteiger partial charge in [0.15, 0.2) is 21.9 Å². The first-order chi connectivity index (χ1) is 14.3. The molecule has 1 amide bonds. The van der Waals surface area contributed by atoms with Gasteiger partial charge in [0.1, 0.15) is 5.58 Å². The Bertz CT molecular complexity index is 1130. The predicted molar refractivity (Wildman–Crippen MR) is 109 cm³/mol. The molecule has 0 N–H and O–H groups in total. The van der Waals surface area contributed by atoms with Crippen LogP contribution in [0, 0.1) is 0 Å². The van der Waals surface area contributed by atoms with Crippen LogP contribution in [-0.4, -0.2) is 55.4 Å². The van der Waals surface area contributed by atoms with E-state index < -0.39 is 28.3 Å². The molecular weight excluding hydrogens is 410 g/mol. The van der Waals surface area contributed by atoms with Gasteiger partial charge in [0.2, 0.25) is 5.76 Å². The van der Waals surface area contributed by atoms with Crippen LogP contribution in [0.4, 0.5) is 0 Å². The fourth-order valence-electron chi connectivity index (χ4n) is 4.36. The molecule has 160 valence electrons. The molecule has 0 bridgehead atoms. The lowest BCUT2D eigenvalue weighted by Crippen LogP contribution is -2.48. The number of amides is 1. The molecular formula is C21H23NO7S. The number of ether oxygens (including phenoxy) is 1. The average Bonchev–Trinajstić information content (AvgIpc) is 3.36. The van der Waals surface area contributed by atoms with Crippen molar-refractivity contribution in [3.63, 3.8) is 0 Å². The van der Waals surface area contributed by atoms with Crippen molar-refractivity contribution in [3.05, 3.63) is 46.3 Å². The fourth-order valence-corrected chi connectivity index (χ4v) is 6.07. The Morgan fingerprint density at radius 3 is 2.53 bits per heavy atom. The molecule has 1 aromatic heterocycles. The summed E-state index contributed by atoms with van der Waals surface area (Å²) in [4.78, 5) is 39.1. The molecule has 0 unspecified atom stereocenters. The first-order valence-electron chi connectivity index (χ1n) is 10.1. The maximum Gasteiger partial charge on any atom is 0.374 e. The minimum atomic E-state index is -3.15. The van der Waals surface area contributed by atoms with Gasteiger partial charge in [-0.05, 0) is 31.4 Å². The molecule has 1 saturated carbocycles. The zero-order valence-corrected chi connectivity index (χ0v) is 17.2. The summed E-state index contributed by atoms with van der Waals surface area (Å²) in [6.45, 7) is -0.525. The van der Waals surface area contributed by atoms with E-state index in [-0.39, 0.29) is 40.4 Å². The molecule has 1 saturated heterocycles. The summed E-state index contributed by atoms with van der Waals surface area (Å²) in [7, 11) is -3.15. The third-order valence-corrected chi connectivity index (χ3v) is 7.52. The van der Waals surface area contributed by atoms with Gasteiger partial charge in [-0.25, -0.2) is 13.2 Å². The van der Waals surface area contributed by atoms with E-state index in [1.165, 1.54) is 0 Å². The van der Waals surface area contributed by atoms with Crippen molar-refractivity contribution in [2.24, 2.45) is 0 Å². The van der Waals surface area contributed by atoms with Crippen LogP contribution in [-0.2, 0) is 19.4 Å². The fraction of sp³-hybridized carbons (Fsp3) is 0.476. The summed E-state index contributed by atoms with van der Waals surface area (Å²) in [6.07, 6.45) is 4.00. The summed E-state index contributed by atoms with van der Waals surface area (Å²) in [5, 5.41) is 0.347. The molecule has 1 atom stereocenters. The summed E-state index contributed by atoms with van der Waals surface area (Å²) in [6, 6.07) is 7.16. The Hall–Kier alpha value is -2.68. The maximum absolute atomic E-state index is 12.9. The van der Waals surface area contributed by atoms with Crippen LogP contribution in [0.15, 0.2) is 39.5 Å². The predicted octanol–water partition coefficient (Wildman–Crippen LogP) is 1.91. The molecule has 2 heterocycles. The van der Waals surface area contributed by atoms with Gasteiger partial charge in [-0.1, -0.05) is 25.0 Å². The van der Waals surface area contributed by atoms with Crippen LogP contribution in [0.2, 0.25) is 0 Å². The lowest BCUT2D eigenvalue weighted by molar-refractivity contribution is -0.139. The van der Waals surface area contributed by atoms with E-state index in [1.54, 1.807) is 29.2 Å². The number of nitrogens with zero attached hydrogens (tertiary/aromatic N) is 1. The van der Waals surface area contributed by atoms with Gasteiger partial charge in [0.25, 0.3) is 5.91 Å². The number of carbonyl (C=O) groups excluding carboxylic acids is 2. The second-order valence-electron chi connectivity index (χ2n) is 7.84. The first kappa shape index (κ1) is 20.6. The van der Waals surface area contributed by atoms with Crippen LogP contribution in [0.25, 0.3) is 11.0 Å². The van der Waals surface area contributed by atoms with Crippen LogP contribution >= 0.6 is 0 Å². The Kier molecular flexibility index (Phi) is 5.64. The van der Waals surface area contributed by atoms with E-state index in [0.717, 1.165) is 31.7 Å². The van der Waals surface area contributed by atoms with E-state index in [4.69, 9.17) is 9.15 Å². The van der Waals surface area contributed by atoms with Crippen LogP contribution in [0.5, 0.6) is 0 Å².